The molecule has 5 nitrogen and oxygen atoms in total. The lowest BCUT2D eigenvalue weighted by Crippen LogP contribution is -2.54. The number of carboxylic acids is 1. The van der Waals surface area contributed by atoms with Crippen molar-refractivity contribution < 1.29 is 14.7 Å². The second kappa shape index (κ2) is 5.26. The molecule has 114 valence electrons. The van der Waals surface area contributed by atoms with Crippen molar-refractivity contribution in [2.75, 3.05) is 13.1 Å². The Morgan fingerprint density at radius 3 is 2.45 bits per heavy atom. The Morgan fingerprint density at radius 1 is 1.20 bits per heavy atom. The molecule has 2 atom stereocenters. The molecule has 0 aromatic heterocycles. The van der Waals surface area contributed by atoms with Crippen LogP contribution in [0.2, 0.25) is 0 Å². The third-order valence-electron chi connectivity index (χ3n) is 5.05. The minimum Gasteiger partial charge on any atom is -0.481 e. The number of piperidine rings is 1. The third kappa shape index (κ3) is 2.91. The van der Waals surface area contributed by atoms with E-state index in [2.05, 4.69) is 19.2 Å². The van der Waals surface area contributed by atoms with Gasteiger partial charge in [-0.05, 0) is 38.0 Å². The summed E-state index contributed by atoms with van der Waals surface area (Å²) in [4.78, 5) is 25.4. The number of hydrogen-bond acceptors (Lipinski definition) is 2. The maximum absolute atomic E-state index is 12.4. The first-order chi connectivity index (χ1) is 9.24. The first kappa shape index (κ1) is 15.1. The van der Waals surface area contributed by atoms with Gasteiger partial charge in [-0.1, -0.05) is 20.3 Å². The highest BCUT2D eigenvalue weighted by atomic mass is 16.4. The van der Waals surface area contributed by atoms with Gasteiger partial charge in [0.1, 0.15) is 0 Å². The molecule has 1 saturated carbocycles. The van der Waals surface area contributed by atoms with Gasteiger partial charge in [-0.15, -0.1) is 0 Å². The minimum absolute atomic E-state index is 0.0999. The normalized spacial score (nSPS) is 33.0. The fourth-order valence-corrected chi connectivity index (χ4v) is 3.42. The van der Waals surface area contributed by atoms with Crippen LogP contribution in [0.15, 0.2) is 0 Å². The topological polar surface area (TPSA) is 69.6 Å². The van der Waals surface area contributed by atoms with Crippen LogP contribution in [-0.4, -0.2) is 41.1 Å². The molecule has 1 aliphatic carbocycles. The molecule has 1 aliphatic heterocycles. The van der Waals surface area contributed by atoms with Gasteiger partial charge in [0.2, 0.25) is 0 Å². The predicted molar refractivity (Wildman–Crippen MR) is 76.5 cm³/mol. The van der Waals surface area contributed by atoms with E-state index >= 15 is 0 Å². The van der Waals surface area contributed by atoms with E-state index in [9.17, 15) is 14.7 Å². The monoisotopic (exact) mass is 282 g/mol. The number of hydrogen-bond donors (Lipinski definition) is 2. The van der Waals surface area contributed by atoms with Crippen molar-refractivity contribution in [1.29, 1.82) is 0 Å². The molecule has 20 heavy (non-hydrogen) atoms. The first-order valence-electron chi connectivity index (χ1n) is 7.53. The molecular weight excluding hydrogens is 256 g/mol. The number of amides is 2. The summed E-state index contributed by atoms with van der Waals surface area (Å²) in [5.41, 5.74) is -0.664. The van der Waals surface area contributed by atoms with Gasteiger partial charge in [-0.3, -0.25) is 4.79 Å². The van der Waals surface area contributed by atoms with Crippen LogP contribution in [0.3, 0.4) is 0 Å². The highest BCUT2D eigenvalue weighted by Gasteiger charge is 2.41. The van der Waals surface area contributed by atoms with Crippen LogP contribution in [0.25, 0.3) is 0 Å². The Balaban J connectivity index is 1.97. The number of urea groups is 1. The zero-order chi connectivity index (χ0) is 15.0. The summed E-state index contributed by atoms with van der Waals surface area (Å²) in [6.07, 6.45) is 4.68. The maximum Gasteiger partial charge on any atom is 0.317 e. The zero-order valence-electron chi connectivity index (χ0n) is 12.7. The molecule has 0 radical (unpaired) electrons. The fourth-order valence-electron chi connectivity index (χ4n) is 3.42. The predicted octanol–water partition coefficient (Wildman–Crippen LogP) is 2.46. The maximum atomic E-state index is 12.4. The Labute approximate surface area is 120 Å². The lowest BCUT2D eigenvalue weighted by atomic mass is 9.82. The van der Waals surface area contributed by atoms with Crippen molar-refractivity contribution in [3.8, 4) is 0 Å². The highest BCUT2D eigenvalue weighted by Crippen LogP contribution is 2.37. The summed E-state index contributed by atoms with van der Waals surface area (Å²) in [6, 6.07) is 0.102. The summed E-state index contributed by atoms with van der Waals surface area (Å²) in [5.74, 6) is -0.809. The lowest BCUT2D eigenvalue weighted by Gasteiger charge is -2.39. The van der Waals surface area contributed by atoms with E-state index in [1.165, 1.54) is 0 Å². The quantitative estimate of drug-likeness (QED) is 0.817. The minimum atomic E-state index is -0.809. The molecule has 1 heterocycles. The van der Waals surface area contributed by atoms with E-state index in [0.717, 1.165) is 25.7 Å². The van der Waals surface area contributed by atoms with Crippen molar-refractivity contribution in [1.82, 2.24) is 10.2 Å². The molecule has 2 amide bonds. The molecule has 1 saturated heterocycles. The number of carbonyl (C=O) groups excluding carboxylic acids is 1. The first-order valence-corrected chi connectivity index (χ1v) is 7.53. The van der Waals surface area contributed by atoms with E-state index < -0.39 is 11.4 Å². The van der Waals surface area contributed by atoms with Crippen LogP contribution in [0.4, 0.5) is 4.79 Å². The SMILES string of the molecule is CC1(C(=O)O)CCCN(C(=O)NC2CCCC2(C)C)C1. The summed E-state index contributed by atoms with van der Waals surface area (Å²) in [5, 5.41) is 12.4. The number of nitrogens with one attached hydrogen (secondary N) is 1. The molecule has 5 heteroatoms. The lowest BCUT2D eigenvalue weighted by molar-refractivity contribution is -0.150. The van der Waals surface area contributed by atoms with Gasteiger partial charge in [0.15, 0.2) is 0 Å². The molecule has 2 N–H and O–H groups in total. The van der Waals surface area contributed by atoms with Crippen molar-refractivity contribution in [2.24, 2.45) is 10.8 Å². The van der Waals surface area contributed by atoms with Gasteiger partial charge >= 0.3 is 12.0 Å². The fraction of sp³-hybridized carbons (Fsp3) is 0.867. The largest absolute Gasteiger partial charge is 0.481 e. The van der Waals surface area contributed by atoms with E-state index in [-0.39, 0.29) is 17.5 Å². The van der Waals surface area contributed by atoms with E-state index in [0.29, 0.717) is 19.5 Å². The standard InChI is InChI=1S/C15H26N2O3/c1-14(2)7-4-6-11(14)16-13(20)17-9-5-8-15(3,10-17)12(18)19/h11H,4-10H2,1-3H3,(H,16,20)(H,18,19). The number of carbonyl (C=O) groups is 2. The van der Waals surface area contributed by atoms with Crippen molar-refractivity contribution in [2.45, 2.75) is 58.9 Å². The molecule has 0 spiro atoms. The van der Waals surface area contributed by atoms with E-state index in [4.69, 9.17) is 0 Å². The van der Waals surface area contributed by atoms with Crippen molar-refractivity contribution in [3.05, 3.63) is 0 Å². The number of likely N-dealkylation sites (tertiary alicyclic amines) is 1. The van der Waals surface area contributed by atoms with Crippen molar-refractivity contribution in [3.63, 3.8) is 0 Å². The van der Waals surface area contributed by atoms with E-state index in [1.54, 1.807) is 11.8 Å². The van der Waals surface area contributed by atoms with Crippen LogP contribution in [0.5, 0.6) is 0 Å². The second-order valence-corrected chi connectivity index (χ2v) is 7.27. The smallest absolute Gasteiger partial charge is 0.317 e. The van der Waals surface area contributed by atoms with Crippen LogP contribution in [-0.2, 0) is 4.79 Å². The molecule has 2 aliphatic rings. The molecule has 2 unspecified atom stereocenters. The third-order valence-corrected chi connectivity index (χ3v) is 5.05. The van der Waals surface area contributed by atoms with Crippen LogP contribution < -0.4 is 5.32 Å². The summed E-state index contributed by atoms with van der Waals surface area (Å²) in [7, 11) is 0. The van der Waals surface area contributed by atoms with Gasteiger partial charge < -0.3 is 15.3 Å². The number of carboxylic acid groups (broad SMARTS) is 1. The Kier molecular flexibility index (Phi) is 3.98. The van der Waals surface area contributed by atoms with Gasteiger partial charge in [0.05, 0.1) is 5.41 Å². The van der Waals surface area contributed by atoms with Crippen LogP contribution in [0.1, 0.15) is 52.9 Å². The number of nitrogens with zero attached hydrogens (tertiary/aromatic N) is 1. The van der Waals surface area contributed by atoms with E-state index in [1.807, 2.05) is 0 Å². The van der Waals surface area contributed by atoms with Gasteiger partial charge in [-0.25, -0.2) is 4.79 Å². The van der Waals surface area contributed by atoms with Gasteiger partial charge in [0, 0.05) is 19.1 Å². The highest BCUT2D eigenvalue weighted by molar-refractivity contribution is 5.78. The molecule has 0 aromatic rings. The average molecular weight is 282 g/mol. The van der Waals surface area contributed by atoms with Crippen molar-refractivity contribution >= 4 is 12.0 Å². The Bertz CT molecular complexity index is 408. The summed E-state index contributed by atoms with van der Waals surface area (Å²) >= 11 is 0. The Hall–Kier alpha value is -1.26. The van der Waals surface area contributed by atoms with Gasteiger partial charge in [0.25, 0.3) is 0 Å². The Morgan fingerprint density at radius 2 is 1.90 bits per heavy atom. The zero-order valence-corrected chi connectivity index (χ0v) is 12.7. The second-order valence-electron chi connectivity index (χ2n) is 7.27. The average Bonchev–Trinajstić information content (AvgIpc) is 2.68. The molecular formula is C15H26N2O3. The van der Waals surface area contributed by atoms with Gasteiger partial charge in [-0.2, -0.15) is 0 Å². The molecule has 2 rings (SSSR count). The molecule has 0 aromatic carbocycles. The van der Waals surface area contributed by atoms with Crippen LogP contribution >= 0.6 is 0 Å². The number of aliphatic carboxylic acids is 1. The summed E-state index contributed by atoms with van der Waals surface area (Å²) in [6.45, 7) is 7.06. The summed E-state index contributed by atoms with van der Waals surface area (Å²) < 4.78 is 0. The van der Waals surface area contributed by atoms with Crippen LogP contribution in [0, 0.1) is 10.8 Å². The molecule has 2 fully saturated rings. The number of rotatable bonds is 2. The molecule has 0 bridgehead atoms.